The summed E-state index contributed by atoms with van der Waals surface area (Å²) in [6.45, 7) is 8.06. The van der Waals surface area contributed by atoms with Crippen molar-refractivity contribution in [1.82, 2.24) is 4.31 Å². The van der Waals surface area contributed by atoms with Crippen molar-refractivity contribution in [3.8, 4) is 0 Å². The third-order valence-corrected chi connectivity index (χ3v) is 7.04. The van der Waals surface area contributed by atoms with Crippen molar-refractivity contribution >= 4 is 22.6 Å². The van der Waals surface area contributed by atoms with Crippen LogP contribution in [0.15, 0.2) is 29.2 Å². The van der Waals surface area contributed by atoms with Gasteiger partial charge in [-0.25, -0.2) is 12.8 Å². The third kappa shape index (κ3) is 2.89. The van der Waals surface area contributed by atoms with E-state index in [9.17, 15) is 12.8 Å². The summed E-state index contributed by atoms with van der Waals surface area (Å²) < 4.78 is 51.6. The standard InChI is InChI=1S/C16H23BFNO4S/c1-15(2)16(3,4)23-17(22-15)12-7-9-13(10-8-12)24(20,21)19-11-5-6-14(19)18/h7-10,14H,5-6,11H2,1-4H3. The van der Waals surface area contributed by atoms with Crippen molar-refractivity contribution in [1.29, 1.82) is 0 Å². The Labute approximate surface area is 143 Å². The van der Waals surface area contributed by atoms with E-state index >= 15 is 0 Å². The molecule has 0 spiro atoms. The molecule has 0 bridgehead atoms. The van der Waals surface area contributed by atoms with Gasteiger partial charge in [-0.2, -0.15) is 4.31 Å². The lowest BCUT2D eigenvalue weighted by Gasteiger charge is -2.32. The second-order valence-corrected chi connectivity index (χ2v) is 9.24. The molecule has 2 saturated heterocycles. The number of hydrogen-bond donors (Lipinski definition) is 0. The smallest absolute Gasteiger partial charge is 0.399 e. The minimum absolute atomic E-state index is 0.0901. The highest BCUT2D eigenvalue weighted by Gasteiger charge is 2.51. The Balaban J connectivity index is 1.82. The molecule has 0 aliphatic carbocycles. The van der Waals surface area contributed by atoms with E-state index in [1.165, 1.54) is 12.1 Å². The normalized spacial score (nSPS) is 26.9. The number of benzene rings is 1. The van der Waals surface area contributed by atoms with E-state index < -0.39 is 34.6 Å². The number of sulfonamides is 1. The van der Waals surface area contributed by atoms with Crippen LogP contribution in [0.1, 0.15) is 40.5 Å². The molecule has 1 atom stereocenters. The van der Waals surface area contributed by atoms with E-state index in [4.69, 9.17) is 9.31 Å². The van der Waals surface area contributed by atoms with E-state index in [0.29, 0.717) is 6.42 Å². The molecule has 132 valence electrons. The third-order valence-electron chi connectivity index (χ3n) is 5.15. The van der Waals surface area contributed by atoms with Crippen molar-refractivity contribution in [3.05, 3.63) is 24.3 Å². The van der Waals surface area contributed by atoms with E-state index in [2.05, 4.69) is 0 Å². The summed E-state index contributed by atoms with van der Waals surface area (Å²) in [6, 6.07) is 6.30. The monoisotopic (exact) mass is 355 g/mol. The summed E-state index contributed by atoms with van der Waals surface area (Å²) >= 11 is 0. The molecule has 3 rings (SSSR count). The largest absolute Gasteiger partial charge is 0.494 e. The highest BCUT2D eigenvalue weighted by molar-refractivity contribution is 7.89. The summed E-state index contributed by atoms with van der Waals surface area (Å²) in [5.41, 5.74) is -0.176. The molecule has 1 aromatic rings. The van der Waals surface area contributed by atoms with Crippen molar-refractivity contribution in [2.24, 2.45) is 0 Å². The van der Waals surface area contributed by atoms with Gasteiger partial charge in [-0.3, -0.25) is 0 Å². The van der Waals surface area contributed by atoms with E-state index in [0.717, 1.165) is 9.77 Å². The fourth-order valence-electron chi connectivity index (χ4n) is 2.88. The first-order valence-corrected chi connectivity index (χ1v) is 9.60. The lowest BCUT2D eigenvalue weighted by Crippen LogP contribution is -2.41. The van der Waals surface area contributed by atoms with Crippen molar-refractivity contribution in [2.75, 3.05) is 6.54 Å². The SMILES string of the molecule is CC1(C)OB(c2ccc(S(=O)(=O)N3CCCC3F)cc2)OC1(C)C. The molecule has 2 fully saturated rings. The van der Waals surface area contributed by atoms with Gasteiger partial charge in [0, 0.05) is 6.54 Å². The number of rotatable bonds is 3. The van der Waals surface area contributed by atoms with Crippen LogP contribution in [-0.2, 0) is 19.3 Å². The number of alkyl halides is 1. The zero-order chi connectivity index (χ0) is 17.8. The van der Waals surface area contributed by atoms with E-state index in [1.54, 1.807) is 12.1 Å². The summed E-state index contributed by atoms with van der Waals surface area (Å²) in [6.07, 6.45) is -0.629. The van der Waals surface area contributed by atoms with Gasteiger partial charge in [0.05, 0.1) is 16.1 Å². The zero-order valence-corrected chi connectivity index (χ0v) is 15.3. The zero-order valence-electron chi connectivity index (χ0n) is 14.5. The maximum absolute atomic E-state index is 13.8. The Kier molecular flexibility index (Phi) is 4.31. The van der Waals surface area contributed by atoms with Crippen molar-refractivity contribution in [2.45, 2.75) is 62.9 Å². The van der Waals surface area contributed by atoms with Gasteiger partial charge in [-0.1, -0.05) is 12.1 Å². The summed E-state index contributed by atoms with van der Waals surface area (Å²) in [5, 5.41) is 0. The summed E-state index contributed by atoms with van der Waals surface area (Å²) in [4.78, 5) is 0.0901. The minimum atomic E-state index is -3.80. The molecular weight excluding hydrogens is 332 g/mol. The Hall–Kier alpha value is -0.955. The van der Waals surface area contributed by atoms with Crippen LogP contribution in [0.2, 0.25) is 0 Å². The molecule has 2 heterocycles. The van der Waals surface area contributed by atoms with Gasteiger partial charge < -0.3 is 9.31 Å². The van der Waals surface area contributed by atoms with Crippen LogP contribution in [0.4, 0.5) is 4.39 Å². The summed E-state index contributed by atoms with van der Waals surface area (Å²) in [5.74, 6) is 0. The molecule has 0 amide bonds. The van der Waals surface area contributed by atoms with Gasteiger partial charge in [-0.05, 0) is 58.1 Å². The number of hydrogen-bond acceptors (Lipinski definition) is 4. The second kappa shape index (κ2) is 5.80. The highest BCUT2D eigenvalue weighted by Crippen LogP contribution is 2.36. The highest BCUT2D eigenvalue weighted by atomic mass is 32.2. The van der Waals surface area contributed by atoms with E-state index in [-0.39, 0.29) is 17.9 Å². The predicted octanol–water partition coefficient (Wildman–Crippen LogP) is 2.07. The fraction of sp³-hybridized carbons (Fsp3) is 0.625. The molecule has 2 aliphatic heterocycles. The Morgan fingerprint density at radius 1 is 1.12 bits per heavy atom. The van der Waals surface area contributed by atoms with Gasteiger partial charge in [0.1, 0.15) is 0 Å². The number of nitrogens with zero attached hydrogens (tertiary/aromatic N) is 1. The molecule has 0 radical (unpaired) electrons. The first-order valence-electron chi connectivity index (χ1n) is 8.16. The predicted molar refractivity (Wildman–Crippen MR) is 90.2 cm³/mol. The van der Waals surface area contributed by atoms with Crippen LogP contribution in [0.5, 0.6) is 0 Å². The summed E-state index contributed by atoms with van der Waals surface area (Å²) in [7, 11) is -4.35. The average Bonchev–Trinajstić information content (AvgIpc) is 3.01. The maximum Gasteiger partial charge on any atom is 0.494 e. The fourth-order valence-corrected chi connectivity index (χ4v) is 4.41. The first-order chi connectivity index (χ1) is 11.0. The Morgan fingerprint density at radius 2 is 1.67 bits per heavy atom. The molecule has 8 heteroatoms. The van der Waals surface area contributed by atoms with Gasteiger partial charge in [0.25, 0.3) is 0 Å². The molecular formula is C16H23BFNO4S. The first kappa shape index (κ1) is 17.9. The molecule has 0 N–H and O–H groups in total. The lowest BCUT2D eigenvalue weighted by atomic mass is 9.79. The van der Waals surface area contributed by atoms with Crippen molar-refractivity contribution < 1.29 is 22.1 Å². The molecule has 1 unspecified atom stereocenters. The van der Waals surface area contributed by atoms with Crippen molar-refractivity contribution in [3.63, 3.8) is 0 Å². The van der Waals surface area contributed by atoms with Crippen LogP contribution >= 0.6 is 0 Å². The number of halogens is 1. The molecule has 1 aromatic carbocycles. The quantitative estimate of drug-likeness (QED) is 0.615. The molecule has 24 heavy (non-hydrogen) atoms. The molecule has 5 nitrogen and oxygen atoms in total. The maximum atomic E-state index is 13.8. The van der Waals surface area contributed by atoms with Crippen LogP contribution in [0.3, 0.4) is 0 Å². The average molecular weight is 355 g/mol. The van der Waals surface area contributed by atoms with Gasteiger partial charge in [-0.15, -0.1) is 0 Å². The van der Waals surface area contributed by atoms with Crippen LogP contribution in [0, 0.1) is 0 Å². The van der Waals surface area contributed by atoms with Gasteiger partial charge in [0.15, 0.2) is 6.30 Å². The minimum Gasteiger partial charge on any atom is -0.399 e. The van der Waals surface area contributed by atoms with E-state index in [1.807, 2.05) is 27.7 Å². The van der Waals surface area contributed by atoms with Gasteiger partial charge >= 0.3 is 7.12 Å². The van der Waals surface area contributed by atoms with Gasteiger partial charge in [0.2, 0.25) is 10.0 Å². The molecule has 0 aromatic heterocycles. The lowest BCUT2D eigenvalue weighted by molar-refractivity contribution is 0.00578. The Bertz CT molecular complexity index is 704. The molecule has 0 saturated carbocycles. The molecule has 2 aliphatic rings. The topological polar surface area (TPSA) is 55.8 Å². The van der Waals surface area contributed by atoms with Crippen LogP contribution < -0.4 is 5.46 Å². The second-order valence-electron chi connectivity index (χ2n) is 7.35. The van der Waals surface area contributed by atoms with Crippen LogP contribution in [0.25, 0.3) is 0 Å². The van der Waals surface area contributed by atoms with Crippen LogP contribution in [-0.4, -0.2) is 43.9 Å². The Morgan fingerprint density at radius 3 is 2.12 bits per heavy atom.